The van der Waals surface area contributed by atoms with E-state index in [-0.39, 0.29) is 25.6 Å². The first-order chi connectivity index (χ1) is 22.2. The van der Waals surface area contributed by atoms with Crippen LogP contribution in [0.4, 0.5) is 11.6 Å². The van der Waals surface area contributed by atoms with Gasteiger partial charge in [0.15, 0.2) is 0 Å². The Balaban J connectivity index is 0.000000210. The molecule has 7 nitrogen and oxygen atoms in total. The maximum absolute atomic E-state index is 9.47. The summed E-state index contributed by atoms with van der Waals surface area (Å²) in [5.41, 5.74) is 4.17. The van der Waals surface area contributed by atoms with Crippen molar-refractivity contribution < 1.29 is 9.84 Å². The third-order valence-corrected chi connectivity index (χ3v) is 6.77. The number of nitrogens with one attached hydrogen (secondary N) is 2. The van der Waals surface area contributed by atoms with Gasteiger partial charge in [0.05, 0.1) is 18.1 Å². The first kappa shape index (κ1) is 35.8. The number of hydrogen-bond acceptors (Lipinski definition) is 7. The predicted molar refractivity (Wildman–Crippen MR) is 197 cm³/mol. The molecular formula is C39H40ClN5O2. The summed E-state index contributed by atoms with van der Waals surface area (Å²) in [6.07, 6.45) is 3.50. The number of pyridine rings is 3. The number of phenols is 1. The van der Waals surface area contributed by atoms with Gasteiger partial charge >= 0.3 is 0 Å². The van der Waals surface area contributed by atoms with Gasteiger partial charge in [-0.15, -0.1) is 12.4 Å². The quantitative estimate of drug-likeness (QED) is 0.159. The molecule has 0 aliphatic rings. The van der Waals surface area contributed by atoms with Crippen LogP contribution < -0.4 is 15.4 Å². The number of anilines is 2. The number of benzene rings is 4. The fourth-order valence-corrected chi connectivity index (χ4v) is 4.42. The van der Waals surface area contributed by atoms with E-state index in [0.717, 1.165) is 52.3 Å². The third kappa shape index (κ3) is 11.3. The van der Waals surface area contributed by atoms with Crippen LogP contribution in [0.1, 0.15) is 18.6 Å². The SMILES string of the molecule is C.COc1ccc2ccc(NCc3ccccc3)nc2c1.Cl.Oc1ccc2ccc(NCc3ccccc3)nc2c1.c1ccncc1. The van der Waals surface area contributed by atoms with Crippen molar-refractivity contribution in [2.45, 2.75) is 20.5 Å². The maximum atomic E-state index is 9.47. The van der Waals surface area contributed by atoms with Crippen LogP contribution in [0.3, 0.4) is 0 Å². The molecule has 0 unspecified atom stereocenters. The number of aromatic hydroxyl groups is 1. The Labute approximate surface area is 282 Å². The van der Waals surface area contributed by atoms with Gasteiger partial charge in [-0.1, -0.05) is 74.2 Å². The van der Waals surface area contributed by atoms with Crippen LogP contribution in [0.5, 0.6) is 11.5 Å². The van der Waals surface area contributed by atoms with E-state index in [0.29, 0.717) is 0 Å². The molecule has 240 valence electrons. The number of ether oxygens (including phenoxy) is 1. The van der Waals surface area contributed by atoms with Crippen molar-refractivity contribution in [2.75, 3.05) is 17.7 Å². The minimum absolute atomic E-state index is 0. The molecule has 47 heavy (non-hydrogen) atoms. The predicted octanol–water partition coefficient (Wildman–Crippen LogP) is 9.55. The first-order valence-electron chi connectivity index (χ1n) is 14.6. The van der Waals surface area contributed by atoms with Crippen LogP contribution >= 0.6 is 12.4 Å². The van der Waals surface area contributed by atoms with E-state index in [4.69, 9.17) is 4.74 Å². The Bertz CT molecular complexity index is 1880. The van der Waals surface area contributed by atoms with E-state index < -0.39 is 0 Å². The van der Waals surface area contributed by atoms with E-state index in [2.05, 4.69) is 55.9 Å². The topological polar surface area (TPSA) is 92.2 Å². The molecule has 0 bridgehead atoms. The Hall–Kier alpha value is -5.66. The lowest BCUT2D eigenvalue weighted by atomic mass is 10.2. The number of nitrogens with zero attached hydrogens (tertiary/aromatic N) is 3. The fourth-order valence-electron chi connectivity index (χ4n) is 4.42. The molecule has 3 aromatic heterocycles. The van der Waals surface area contributed by atoms with Gasteiger partial charge in [-0.2, -0.15) is 0 Å². The molecule has 7 rings (SSSR count). The number of rotatable bonds is 7. The zero-order chi connectivity index (χ0) is 31.1. The maximum Gasteiger partial charge on any atom is 0.126 e. The lowest BCUT2D eigenvalue weighted by molar-refractivity contribution is 0.415. The van der Waals surface area contributed by atoms with Crippen molar-refractivity contribution in [2.24, 2.45) is 0 Å². The standard InChI is InChI=1S/C17H16N2O.C16H14N2O.C5H5N.CH4.ClH/c1-20-15-9-7-14-8-10-17(19-16(14)11-15)18-12-13-5-3-2-4-6-13;19-14-8-6-13-7-9-16(18-15(13)10-14)17-11-12-4-2-1-3-5-12;1-2-4-6-5-3-1;;/h2-11H,12H2,1H3,(H,18,19);1-10,19H,11H2,(H,17,18);1-5H;1H4;1H. The number of methoxy groups -OCH3 is 1. The van der Waals surface area contributed by atoms with E-state index >= 15 is 0 Å². The molecule has 0 atom stereocenters. The molecule has 7 aromatic rings. The molecule has 0 saturated carbocycles. The summed E-state index contributed by atoms with van der Waals surface area (Å²) in [6, 6.07) is 45.3. The van der Waals surface area contributed by atoms with Crippen LogP contribution in [0.2, 0.25) is 0 Å². The average molecular weight is 646 g/mol. The molecule has 4 aromatic carbocycles. The van der Waals surface area contributed by atoms with E-state index in [1.54, 1.807) is 31.6 Å². The molecule has 0 spiro atoms. The molecule has 0 radical (unpaired) electrons. The summed E-state index contributed by atoms with van der Waals surface area (Å²) in [7, 11) is 1.67. The second kappa shape index (κ2) is 19.0. The number of phenolic OH excluding ortho intramolecular Hbond substituents is 1. The normalized spacial score (nSPS) is 9.72. The summed E-state index contributed by atoms with van der Waals surface area (Å²) in [6.45, 7) is 1.50. The monoisotopic (exact) mass is 645 g/mol. The van der Waals surface area contributed by atoms with E-state index in [1.165, 1.54) is 11.1 Å². The van der Waals surface area contributed by atoms with Crippen LogP contribution in [0, 0.1) is 0 Å². The highest BCUT2D eigenvalue weighted by molar-refractivity contribution is 5.85. The summed E-state index contributed by atoms with van der Waals surface area (Å²) in [4.78, 5) is 12.9. The van der Waals surface area contributed by atoms with Gasteiger partial charge in [0, 0.05) is 48.4 Å². The summed E-state index contributed by atoms with van der Waals surface area (Å²) in [5.74, 6) is 2.74. The van der Waals surface area contributed by atoms with Gasteiger partial charge in [0.2, 0.25) is 0 Å². The third-order valence-electron chi connectivity index (χ3n) is 6.77. The highest BCUT2D eigenvalue weighted by atomic mass is 35.5. The average Bonchev–Trinajstić information content (AvgIpc) is 3.11. The lowest BCUT2D eigenvalue weighted by Gasteiger charge is -2.07. The minimum atomic E-state index is 0. The summed E-state index contributed by atoms with van der Waals surface area (Å²) >= 11 is 0. The van der Waals surface area contributed by atoms with Crippen molar-refractivity contribution in [1.82, 2.24) is 15.0 Å². The van der Waals surface area contributed by atoms with Crippen LogP contribution in [-0.4, -0.2) is 27.2 Å². The van der Waals surface area contributed by atoms with Crippen molar-refractivity contribution in [3.8, 4) is 11.5 Å². The molecule has 0 aliphatic heterocycles. The summed E-state index contributed by atoms with van der Waals surface area (Å²) in [5, 5.41) is 18.2. The largest absolute Gasteiger partial charge is 0.508 e. The molecular weight excluding hydrogens is 606 g/mol. The Morgan fingerprint density at radius 3 is 1.51 bits per heavy atom. The summed E-state index contributed by atoms with van der Waals surface area (Å²) < 4.78 is 5.23. The highest BCUT2D eigenvalue weighted by Gasteiger charge is 2.01. The molecule has 3 N–H and O–H groups in total. The molecule has 8 heteroatoms. The van der Waals surface area contributed by atoms with E-state index in [1.807, 2.05) is 97.1 Å². The van der Waals surface area contributed by atoms with Gasteiger partial charge in [-0.25, -0.2) is 9.97 Å². The zero-order valence-electron chi connectivity index (χ0n) is 25.5. The van der Waals surface area contributed by atoms with Crippen LogP contribution in [0.25, 0.3) is 21.8 Å². The molecule has 0 amide bonds. The van der Waals surface area contributed by atoms with Gasteiger partial charge in [0.25, 0.3) is 0 Å². The molecule has 0 saturated heterocycles. The lowest BCUT2D eigenvalue weighted by Crippen LogP contribution is -2.01. The number of aromatic nitrogens is 3. The smallest absolute Gasteiger partial charge is 0.126 e. The Morgan fingerprint density at radius 2 is 1.04 bits per heavy atom. The second-order valence-corrected chi connectivity index (χ2v) is 10.0. The first-order valence-corrected chi connectivity index (χ1v) is 14.6. The van der Waals surface area contributed by atoms with Gasteiger partial charge in [-0.05, 0) is 71.8 Å². The van der Waals surface area contributed by atoms with Crippen molar-refractivity contribution in [1.29, 1.82) is 0 Å². The molecule has 3 heterocycles. The van der Waals surface area contributed by atoms with Gasteiger partial charge in [0.1, 0.15) is 23.1 Å². The van der Waals surface area contributed by atoms with Gasteiger partial charge in [-0.3, -0.25) is 4.98 Å². The second-order valence-electron chi connectivity index (χ2n) is 10.0. The van der Waals surface area contributed by atoms with Crippen molar-refractivity contribution >= 4 is 45.8 Å². The number of hydrogen-bond donors (Lipinski definition) is 3. The fraction of sp³-hybridized carbons (Fsp3) is 0.103. The number of halogens is 1. The molecule has 0 fully saturated rings. The van der Waals surface area contributed by atoms with Crippen LogP contribution in [-0.2, 0) is 13.1 Å². The van der Waals surface area contributed by atoms with Gasteiger partial charge < -0.3 is 20.5 Å². The minimum Gasteiger partial charge on any atom is -0.508 e. The van der Waals surface area contributed by atoms with Crippen LogP contribution in [0.15, 0.2) is 152 Å². The Morgan fingerprint density at radius 1 is 0.574 bits per heavy atom. The Kier molecular flexibility index (Phi) is 14.5. The van der Waals surface area contributed by atoms with Crippen molar-refractivity contribution in [3.63, 3.8) is 0 Å². The molecule has 0 aliphatic carbocycles. The highest BCUT2D eigenvalue weighted by Crippen LogP contribution is 2.22. The van der Waals surface area contributed by atoms with E-state index in [9.17, 15) is 5.11 Å². The van der Waals surface area contributed by atoms with Crippen molar-refractivity contribution in [3.05, 3.63) is 163 Å². The number of fused-ring (bicyclic) bond motifs is 2. The zero-order valence-corrected chi connectivity index (χ0v) is 26.3.